The Bertz CT molecular complexity index is 429. The van der Waals surface area contributed by atoms with Crippen molar-refractivity contribution in [1.82, 2.24) is 9.97 Å². The van der Waals surface area contributed by atoms with Gasteiger partial charge in [0.15, 0.2) is 0 Å². The Kier molecular flexibility index (Phi) is 3.32. The molecule has 1 heterocycles. The minimum Gasteiger partial charge on any atom is -0.373 e. The van der Waals surface area contributed by atoms with Crippen LogP contribution in [0.5, 0.6) is 0 Å². The zero-order chi connectivity index (χ0) is 13.3. The van der Waals surface area contributed by atoms with E-state index in [-0.39, 0.29) is 11.9 Å². The molecule has 1 aliphatic rings. The van der Waals surface area contributed by atoms with Gasteiger partial charge in [-0.3, -0.25) is 0 Å². The van der Waals surface area contributed by atoms with E-state index in [0.29, 0.717) is 5.82 Å². The Balaban J connectivity index is 2.34. The van der Waals surface area contributed by atoms with Crippen LogP contribution in [0.3, 0.4) is 0 Å². The minimum absolute atomic E-state index is 0.179. The number of hydrogen-bond donors (Lipinski definition) is 1. The van der Waals surface area contributed by atoms with Gasteiger partial charge in [0, 0.05) is 26.2 Å². The van der Waals surface area contributed by atoms with E-state index in [1.54, 1.807) is 11.9 Å². The number of aromatic nitrogens is 2. The van der Waals surface area contributed by atoms with Crippen LogP contribution >= 0.6 is 0 Å². The van der Waals surface area contributed by atoms with Crippen LogP contribution in [0.15, 0.2) is 6.07 Å². The molecule has 1 fully saturated rings. The highest BCUT2D eigenvalue weighted by Gasteiger charge is 2.36. The summed E-state index contributed by atoms with van der Waals surface area (Å²) in [6.45, 7) is 0. The van der Waals surface area contributed by atoms with Crippen molar-refractivity contribution in [2.45, 2.75) is 31.5 Å². The van der Waals surface area contributed by atoms with Crippen LogP contribution in [-0.2, 0) is 6.18 Å². The van der Waals surface area contributed by atoms with Gasteiger partial charge in [-0.2, -0.15) is 13.2 Å². The lowest BCUT2D eigenvalue weighted by Gasteiger charge is -2.35. The van der Waals surface area contributed by atoms with Gasteiger partial charge in [-0.05, 0) is 19.3 Å². The molecule has 1 saturated carbocycles. The van der Waals surface area contributed by atoms with Crippen LogP contribution in [0, 0.1) is 0 Å². The second-order valence-electron chi connectivity index (χ2n) is 4.38. The van der Waals surface area contributed by atoms with Gasteiger partial charge < -0.3 is 10.2 Å². The maximum atomic E-state index is 12.7. The topological polar surface area (TPSA) is 41.0 Å². The summed E-state index contributed by atoms with van der Waals surface area (Å²) >= 11 is 0. The van der Waals surface area contributed by atoms with E-state index >= 15 is 0 Å². The highest BCUT2D eigenvalue weighted by molar-refractivity contribution is 5.49. The fraction of sp³-hybridized carbons (Fsp3) is 0.636. The van der Waals surface area contributed by atoms with Crippen molar-refractivity contribution >= 4 is 11.6 Å². The fourth-order valence-electron chi connectivity index (χ4n) is 1.83. The molecule has 1 aromatic heterocycles. The SMILES string of the molecule is CNc1cc(N(C)C2CCC2)nc(C(F)(F)F)n1. The summed E-state index contributed by atoms with van der Waals surface area (Å²) in [5.41, 5.74) is 0. The lowest BCUT2D eigenvalue weighted by molar-refractivity contribution is -0.144. The Labute approximate surface area is 103 Å². The summed E-state index contributed by atoms with van der Waals surface area (Å²) in [5.74, 6) is -0.611. The summed E-state index contributed by atoms with van der Waals surface area (Å²) in [4.78, 5) is 8.83. The van der Waals surface area contributed by atoms with Crippen LogP contribution in [0.1, 0.15) is 25.1 Å². The van der Waals surface area contributed by atoms with Crippen LogP contribution in [0.2, 0.25) is 0 Å². The van der Waals surface area contributed by atoms with Crippen molar-refractivity contribution in [2.75, 3.05) is 24.3 Å². The third-order valence-corrected chi connectivity index (χ3v) is 3.21. The van der Waals surface area contributed by atoms with E-state index in [2.05, 4.69) is 15.3 Å². The maximum absolute atomic E-state index is 12.7. The first-order valence-electron chi connectivity index (χ1n) is 5.78. The van der Waals surface area contributed by atoms with Crippen LogP contribution in [0.4, 0.5) is 24.8 Å². The van der Waals surface area contributed by atoms with Gasteiger partial charge in [-0.15, -0.1) is 0 Å². The average Bonchev–Trinajstić information content (AvgIpc) is 2.24. The Morgan fingerprint density at radius 1 is 1.33 bits per heavy atom. The summed E-state index contributed by atoms with van der Waals surface area (Å²) in [6, 6.07) is 1.82. The minimum atomic E-state index is -4.53. The first kappa shape index (κ1) is 12.9. The molecule has 7 heteroatoms. The molecule has 1 aromatic rings. The largest absolute Gasteiger partial charge is 0.451 e. The first-order valence-corrected chi connectivity index (χ1v) is 5.78. The van der Waals surface area contributed by atoms with Gasteiger partial charge in [0.05, 0.1) is 0 Å². The molecule has 2 rings (SSSR count). The van der Waals surface area contributed by atoms with Gasteiger partial charge in [-0.25, -0.2) is 9.97 Å². The quantitative estimate of drug-likeness (QED) is 0.906. The third-order valence-electron chi connectivity index (χ3n) is 3.21. The van der Waals surface area contributed by atoms with E-state index in [1.807, 2.05) is 0 Å². The molecule has 0 aromatic carbocycles. The van der Waals surface area contributed by atoms with Gasteiger partial charge >= 0.3 is 6.18 Å². The van der Waals surface area contributed by atoms with Crippen molar-refractivity contribution in [3.63, 3.8) is 0 Å². The standard InChI is InChI=1S/C11H15F3N4/c1-15-8-6-9(18(2)7-4-3-5-7)17-10(16-8)11(12,13)14/h6-7H,3-5H2,1-2H3,(H,15,16,17). The number of nitrogens with one attached hydrogen (secondary N) is 1. The highest BCUT2D eigenvalue weighted by atomic mass is 19.4. The number of halogens is 3. The first-order chi connectivity index (χ1) is 8.41. The summed E-state index contributed by atoms with van der Waals surface area (Å²) in [6.07, 6.45) is -1.42. The lowest BCUT2D eigenvalue weighted by atomic mass is 9.92. The van der Waals surface area contributed by atoms with Gasteiger partial charge in [0.1, 0.15) is 11.6 Å². The fourth-order valence-corrected chi connectivity index (χ4v) is 1.83. The second-order valence-corrected chi connectivity index (χ2v) is 4.38. The number of alkyl halides is 3. The molecular formula is C11H15F3N4. The third kappa shape index (κ3) is 2.49. The van der Waals surface area contributed by atoms with Crippen molar-refractivity contribution in [2.24, 2.45) is 0 Å². The smallest absolute Gasteiger partial charge is 0.373 e. The Morgan fingerprint density at radius 2 is 2.00 bits per heavy atom. The Morgan fingerprint density at radius 3 is 2.44 bits per heavy atom. The maximum Gasteiger partial charge on any atom is 0.451 e. The zero-order valence-electron chi connectivity index (χ0n) is 10.3. The summed E-state index contributed by atoms with van der Waals surface area (Å²) in [5, 5.41) is 2.63. The van der Waals surface area contributed by atoms with Gasteiger partial charge in [-0.1, -0.05) is 0 Å². The molecule has 0 saturated heterocycles. The highest BCUT2D eigenvalue weighted by Crippen LogP contribution is 2.32. The molecule has 0 atom stereocenters. The van der Waals surface area contributed by atoms with Gasteiger partial charge in [0.25, 0.3) is 0 Å². The van der Waals surface area contributed by atoms with Crippen LogP contribution in [-0.4, -0.2) is 30.1 Å². The summed E-state index contributed by atoms with van der Waals surface area (Å²) < 4.78 is 38.0. The van der Waals surface area contributed by atoms with E-state index < -0.39 is 12.0 Å². The number of hydrogen-bond acceptors (Lipinski definition) is 4. The molecule has 0 unspecified atom stereocenters. The van der Waals surface area contributed by atoms with E-state index in [9.17, 15) is 13.2 Å². The number of nitrogens with zero attached hydrogens (tertiary/aromatic N) is 3. The molecule has 0 spiro atoms. The lowest BCUT2D eigenvalue weighted by Crippen LogP contribution is -2.38. The molecule has 0 amide bonds. The van der Waals surface area contributed by atoms with Crippen LogP contribution < -0.4 is 10.2 Å². The summed E-state index contributed by atoms with van der Waals surface area (Å²) in [7, 11) is 3.31. The second kappa shape index (κ2) is 4.62. The normalized spacial score (nSPS) is 16.3. The molecule has 1 aliphatic carbocycles. The van der Waals surface area contributed by atoms with Crippen LogP contribution in [0.25, 0.3) is 0 Å². The molecule has 1 N–H and O–H groups in total. The molecule has 0 radical (unpaired) electrons. The number of rotatable bonds is 3. The predicted octanol–water partition coefficient (Wildman–Crippen LogP) is 2.53. The van der Waals surface area contributed by atoms with Crippen molar-refractivity contribution in [3.8, 4) is 0 Å². The molecule has 18 heavy (non-hydrogen) atoms. The zero-order valence-corrected chi connectivity index (χ0v) is 10.3. The van der Waals surface area contributed by atoms with E-state index in [1.165, 1.54) is 13.1 Å². The molecule has 0 aliphatic heterocycles. The Hall–Kier alpha value is -1.53. The molecular weight excluding hydrogens is 245 g/mol. The van der Waals surface area contributed by atoms with Crippen molar-refractivity contribution < 1.29 is 13.2 Å². The van der Waals surface area contributed by atoms with E-state index in [4.69, 9.17) is 0 Å². The molecule has 0 bridgehead atoms. The molecule has 100 valence electrons. The molecule has 4 nitrogen and oxygen atoms in total. The van der Waals surface area contributed by atoms with Crippen molar-refractivity contribution in [1.29, 1.82) is 0 Å². The average molecular weight is 260 g/mol. The van der Waals surface area contributed by atoms with E-state index in [0.717, 1.165) is 19.3 Å². The number of anilines is 2. The van der Waals surface area contributed by atoms with Gasteiger partial charge in [0.2, 0.25) is 5.82 Å². The van der Waals surface area contributed by atoms with Crippen molar-refractivity contribution in [3.05, 3.63) is 11.9 Å². The predicted molar refractivity (Wildman–Crippen MR) is 62.6 cm³/mol. The monoisotopic (exact) mass is 260 g/mol.